The van der Waals surface area contributed by atoms with Gasteiger partial charge in [-0.15, -0.1) is 0 Å². The number of nitrogens with zero attached hydrogens (tertiary/aromatic N) is 7. The Morgan fingerprint density at radius 2 is 1.69 bits per heavy atom. The van der Waals surface area contributed by atoms with Crippen molar-refractivity contribution >= 4 is 34.0 Å². The highest BCUT2D eigenvalue weighted by molar-refractivity contribution is 7.99. The summed E-state index contributed by atoms with van der Waals surface area (Å²) in [6.45, 7) is 8.29. The largest absolute Gasteiger partial charge is 0.493 e. The Hall–Kier alpha value is -4.51. The number of rotatable bonds is 10. The lowest BCUT2D eigenvalue weighted by Crippen LogP contribution is -2.64. The van der Waals surface area contributed by atoms with Crippen LogP contribution in [0.5, 0.6) is 5.75 Å². The summed E-state index contributed by atoms with van der Waals surface area (Å²) in [5.41, 5.74) is 0.827. The zero-order valence-corrected chi connectivity index (χ0v) is 31.5. The molecular weight excluding hydrogens is 726 g/mol. The third-order valence-corrected chi connectivity index (χ3v) is 13.2. The third-order valence-electron chi connectivity index (χ3n) is 11.8. The van der Waals surface area contributed by atoms with Gasteiger partial charge in [0.2, 0.25) is 0 Å². The van der Waals surface area contributed by atoms with Crippen molar-refractivity contribution in [2.45, 2.75) is 61.6 Å². The highest BCUT2D eigenvalue weighted by atomic mass is 32.2. The van der Waals surface area contributed by atoms with Gasteiger partial charge in [-0.3, -0.25) is 33.3 Å². The SMILES string of the molecule is O=c1ccn(-c2cnc3cc(N4CCC(N5CC(N6CCC(COc7cc(F)c8c(=O)[nH]c(CSC9CCOCC9)nc8c7)CC6)C5)CC4)ccn23)c(=O)[nH]1. The van der Waals surface area contributed by atoms with Gasteiger partial charge in [0.1, 0.15) is 34.2 Å². The molecule has 9 rings (SSSR count). The van der Waals surface area contributed by atoms with Gasteiger partial charge < -0.3 is 19.4 Å². The molecule has 4 aliphatic rings. The van der Waals surface area contributed by atoms with E-state index in [9.17, 15) is 14.4 Å². The summed E-state index contributed by atoms with van der Waals surface area (Å²) >= 11 is 1.76. The molecule has 5 aromatic rings. The van der Waals surface area contributed by atoms with E-state index in [1.807, 2.05) is 10.6 Å². The van der Waals surface area contributed by atoms with Crippen LogP contribution in [0.1, 0.15) is 44.3 Å². The molecule has 4 saturated heterocycles. The van der Waals surface area contributed by atoms with Gasteiger partial charge in [0.15, 0.2) is 0 Å². The average molecular weight is 772 g/mol. The van der Waals surface area contributed by atoms with Gasteiger partial charge in [-0.2, -0.15) is 11.8 Å². The molecule has 0 aliphatic carbocycles. The second kappa shape index (κ2) is 15.6. The number of thioether (sulfide) groups is 1. The van der Waals surface area contributed by atoms with Crippen molar-refractivity contribution in [3.05, 3.63) is 91.8 Å². The Bertz CT molecular complexity index is 2330. The van der Waals surface area contributed by atoms with E-state index >= 15 is 4.39 Å². The summed E-state index contributed by atoms with van der Waals surface area (Å²) in [5.74, 6) is 1.92. The molecular formula is C39H46FN9O5S. The van der Waals surface area contributed by atoms with Crippen molar-refractivity contribution in [1.29, 1.82) is 0 Å². The molecule has 0 amide bonds. The van der Waals surface area contributed by atoms with Crippen molar-refractivity contribution in [1.82, 2.24) is 38.7 Å². The molecule has 0 saturated carbocycles. The number of nitrogens with one attached hydrogen (secondary N) is 2. The lowest BCUT2D eigenvalue weighted by atomic mass is 9.92. The molecule has 2 N–H and O–H groups in total. The number of likely N-dealkylation sites (tertiary alicyclic amines) is 2. The summed E-state index contributed by atoms with van der Waals surface area (Å²) in [6, 6.07) is 9.63. The molecule has 0 bridgehead atoms. The molecule has 14 nitrogen and oxygen atoms in total. The second-order valence-corrected chi connectivity index (χ2v) is 16.5. The van der Waals surface area contributed by atoms with Crippen molar-refractivity contribution in [3.63, 3.8) is 0 Å². The van der Waals surface area contributed by atoms with Gasteiger partial charge in [-0.1, -0.05) is 0 Å². The minimum Gasteiger partial charge on any atom is -0.493 e. The van der Waals surface area contributed by atoms with Crippen LogP contribution < -0.4 is 26.4 Å². The maximum absolute atomic E-state index is 15.1. The van der Waals surface area contributed by atoms with E-state index in [1.165, 1.54) is 22.9 Å². The molecule has 4 aliphatic heterocycles. The summed E-state index contributed by atoms with van der Waals surface area (Å²) in [5, 5.41) is 0.454. The van der Waals surface area contributed by atoms with Crippen LogP contribution >= 0.6 is 11.8 Å². The highest BCUT2D eigenvalue weighted by Gasteiger charge is 2.38. The number of halogens is 1. The number of benzene rings is 1. The van der Waals surface area contributed by atoms with E-state index in [4.69, 9.17) is 9.47 Å². The molecule has 4 fully saturated rings. The zero-order chi connectivity index (χ0) is 37.5. The predicted octanol–water partition coefficient (Wildman–Crippen LogP) is 3.41. The maximum atomic E-state index is 15.1. The minimum absolute atomic E-state index is 0.0202. The molecule has 4 aromatic heterocycles. The molecule has 8 heterocycles. The van der Waals surface area contributed by atoms with E-state index in [-0.39, 0.29) is 5.39 Å². The smallest absolute Gasteiger partial charge is 0.334 e. The van der Waals surface area contributed by atoms with Crippen molar-refractivity contribution in [2.24, 2.45) is 5.92 Å². The topological polar surface area (TPSA) is 146 Å². The zero-order valence-electron chi connectivity index (χ0n) is 30.7. The first-order valence-electron chi connectivity index (χ1n) is 19.4. The number of pyridine rings is 1. The van der Waals surface area contributed by atoms with Crippen molar-refractivity contribution in [3.8, 4) is 11.6 Å². The van der Waals surface area contributed by atoms with Crippen LogP contribution in [0.15, 0.2) is 63.3 Å². The fourth-order valence-electron chi connectivity index (χ4n) is 8.57. The van der Waals surface area contributed by atoms with E-state index in [0.29, 0.717) is 58.5 Å². The van der Waals surface area contributed by atoms with Crippen LogP contribution in [-0.4, -0.2) is 115 Å². The normalized spacial score (nSPS) is 20.1. The number of aromatic amines is 2. The minimum atomic E-state index is -0.602. The average Bonchev–Trinajstić information content (AvgIpc) is 3.60. The lowest BCUT2D eigenvalue weighted by molar-refractivity contribution is -0.0181. The number of piperidine rings is 2. The van der Waals surface area contributed by atoms with E-state index in [2.05, 4.69) is 46.8 Å². The van der Waals surface area contributed by atoms with E-state index < -0.39 is 22.6 Å². The number of aromatic nitrogens is 6. The number of H-pyrrole nitrogens is 2. The van der Waals surface area contributed by atoms with Crippen molar-refractivity contribution in [2.75, 3.05) is 64.0 Å². The summed E-state index contributed by atoms with van der Waals surface area (Å²) < 4.78 is 29.9. The lowest BCUT2D eigenvalue weighted by Gasteiger charge is -2.52. The van der Waals surface area contributed by atoms with Gasteiger partial charge in [-0.05, 0) is 63.6 Å². The second-order valence-electron chi connectivity index (χ2n) is 15.3. The maximum Gasteiger partial charge on any atom is 0.334 e. The molecule has 0 radical (unpaired) electrons. The summed E-state index contributed by atoms with van der Waals surface area (Å²) in [4.78, 5) is 58.5. The number of hydrogen-bond acceptors (Lipinski definition) is 11. The molecule has 0 spiro atoms. The molecule has 1 aromatic carbocycles. The van der Waals surface area contributed by atoms with E-state index in [1.54, 1.807) is 24.0 Å². The quantitative estimate of drug-likeness (QED) is 0.216. The number of fused-ring (bicyclic) bond motifs is 2. The van der Waals surface area contributed by atoms with Crippen LogP contribution in [0.2, 0.25) is 0 Å². The Labute approximate surface area is 320 Å². The standard InChI is InChI=1S/C39H46FN9O5S/c40-31-18-29(19-32-37(31)38(51)43-33(42-32)24-55-30-7-15-53-16-8-30)54-23-25-1-9-46(10-2-25)28-21-47(22-28)26-3-11-45(12-4-26)27-5-13-48-34(17-27)41-20-36(48)49-14-6-35(50)44-39(49)52/h5-6,13-14,17-20,25-26,28,30H,1-4,7-12,15-16,21-24H2,(H,42,43,51)(H,44,50,52). The van der Waals surface area contributed by atoms with Gasteiger partial charge in [-0.25, -0.2) is 19.2 Å². The van der Waals surface area contributed by atoms with Crippen LogP contribution in [0.25, 0.3) is 22.4 Å². The van der Waals surface area contributed by atoms with Crippen LogP contribution in [-0.2, 0) is 10.5 Å². The molecule has 0 atom stereocenters. The Morgan fingerprint density at radius 1 is 0.891 bits per heavy atom. The predicted molar refractivity (Wildman–Crippen MR) is 209 cm³/mol. The van der Waals surface area contributed by atoms with Crippen molar-refractivity contribution < 1.29 is 13.9 Å². The number of hydrogen-bond donors (Lipinski definition) is 2. The summed E-state index contributed by atoms with van der Waals surface area (Å²) in [6.07, 6.45) is 11.3. The first kappa shape index (κ1) is 36.1. The van der Waals surface area contributed by atoms with Crippen LogP contribution in [0.3, 0.4) is 0 Å². The first-order chi connectivity index (χ1) is 26.8. The highest BCUT2D eigenvalue weighted by Crippen LogP contribution is 2.31. The van der Waals surface area contributed by atoms with Gasteiger partial charge in [0.05, 0.1) is 24.1 Å². The van der Waals surface area contributed by atoms with Gasteiger partial charge >= 0.3 is 5.69 Å². The number of anilines is 1. The fraction of sp³-hybridized carbons (Fsp3) is 0.513. The summed E-state index contributed by atoms with van der Waals surface area (Å²) in [7, 11) is 0. The van der Waals surface area contributed by atoms with E-state index in [0.717, 1.165) is 102 Å². The molecule has 55 heavy (non-hydrogen) atoms. The number of ether oxygens (including phenoxy) is 2. The molecule has 0 unspecified atom stereocenters. The number of imidazole rings is 1. The van der Waals surface area contributed by atoms with Gasteiger partial charge in [0.25, 0.3) is 11.1 Å². The first-order valence-corrected chi connectivity index (χ1v) is 20.5. The Morgan fingerprint density at radius 3 is 2.47 bits per heavy atom. The fourth-order valence-corrected chi connectivity index (χ4v) is 9.63. The Balaban J connectivity index is 0.722. The van der Waals surface area contributed by atoms with Gasteiger partial charge in [0, 0.05) is 99.1 Å². The third kappa shape index (κ3) is 7.69. The monoisotopic (exact) mass is 771 g/mol. The molecule has 290 valence electrons. The molecule has 16 heteroatoms. The van der Waals surface area contributed by atoms with Crippen LogP contribution in [0, 0.1) is 11.7 Å². The van der Waals surface area contributed by atoms with Crippen LogP contribution in [0.4, 0.5) is 10.1 Å². The Kier molecular flexibility index (Phi) is 10.2.